The van der Waals surface area contributed by atoms with Crippen LogP contribution in [0, 0.1) is 5.92 Å². The third-order valence-electron chi connectivity index (χ3n) is 2.95. The van der Waals surface area contributed by atoms with Gasteiger partial charge in [0.1, 0.15) is 6.61 Å². The van der Waals surface area contributed by atoms with E-state index in [9.17, 15) is 18.0 Å². The zero-order valence-electron chi connectivity index (χ0n) is 10.1. The molecular weight excluding hydrogens is 251 g/mol. The second-order valence-electron chi connectivity index (χ2n) is 4.56. The predicted octanol–water partition coefficient (Wildman–Crippen LogP) is 1.75. The Morgan fingerprint density at radius 3 is 2.78 bits per heavy atom. The average Bonchev–Trinajstić information content (AvgIpc) is 2.68. The van der Waals surface area contributed by atoms with E-state index in [1.165, 1.54) is 0 Å². The first-order valence-corrected chi connectivity index (χ1v) is 5.95. The van der Waals surface area contributed by atoms with E-state index in [2.05, 4.69) is 4.74 Å². The third kappa shape index (κ3) is 6.80. The molecule has 7 heteroatoms. The van der Waals surface area contributed by atoms with Crippen molar-refractivity contribution in [1.82, 2.24) is 4.90 Å². The summed E-state index contributed by atoms with van der Waals surface area (Å²) in [6.07, 6.45) is -2.57. The van der Waals surface area contributed by atoms with E-state index >= 15 is 0 Å². The fourth-order valence-corrected chi connectivity index (χ4v) is 2.06. The largest absolute Gasteiger partial charge is 0.481 e. The first-order valence-electron chi connectivity index (χ1n) is 5.95. The zero-order valence-corrected chi connectivity index (χ0v) is 10.1. The predicted molar refractivity (Wildman–Crippen MR) is 58.3 cm³/mol. The molecule has 0 aromatic heterocycles. The summed E-state index contributed by atoms with van der Waals surface area (Å²) < 4.78 is 39.9. The van der Waals surface area contributed by atoms with Crippen molar-refractivity contribution in [3.05, 3.63) is 0 Å². The van der Waals surface area contributed by atoms with Crippen molar-refractivity contribution in [3.63, 3.8) is 0 Å². The van der Waals surface area contributed by atoms with E-state index in [4.69, 9.17) is 5.11 Å². The molecule has 0 bridgehead atoms. The quantitative estimate of drug-likeness (QED) is 0.715. The van der Waals surface area contributed by atoms with Crippen LogP contribution in [0.4, 0.5) is 13.2 Å². The van der Waals surface area contributed by atoms with Gasteiger partial charge >= 0.3 is 12.1 Å². The molecule has 1 aliphatic heterocycles. The van der Waals surface area contributed by atoms with Gasteiger partial charge in [-0.15, -0.1) is 0 Å². The maximum atomic E-state index is 11.8. The Kier molecular flexibility index (Phi) is 5.87. The summed E-state index contributed by atoms with van der Waals surface area (Å²) in [4.78, 5) is 12.4. The fourth-order valence-electron chi connectivity index (χ4n) is 2.06. The van der Waals surface area contributed by atoms with E-state index in [1.54, 1.807) is 0 Å². The highest BCUT2D eigenvalue weighted by Gasteiger charge is 2.28. The molecule has 1 atom stereocenters. The van der Waals surface area contributed by atoms with Crippen LogP contribution >= 0.6 is 0 Å². The minimum absolute atomic E-state index is 0.0607. The summed E-state index contributed by atoms with van der Waals surface area (Å²) in [5.41, 5.74) is 0. The van der Waals surface area contributed by atoms with Crippen LogP contribution in [-0.4, -0.2) is 55.0 Å². The second kappa shape index (κ2) is 6.94. The second-order valence-corrected chi connectivity index (χ2v) is 4.56. The lowest BCUT2D eigenvalue weighted by Gasteiger charge is -2.16. The standard InChI is InChI=1S/C11H18F3NO3/c12-11(13,14)8-18-6-5-15-4-3-9(7-15)1-2-10(16)17/h9H,1-8H2,(H,16,17). The lowest BCUT2D eigenvalue weighted by Crippen LogP contribution is -2.27. The Morgan fingerprint density at radius 2 is 2.17 bits per heavy atom. The summed E-state index contributed by atoms with van der Waals surface area (Å²) in [6.45, 7) is 0.885. The van der Waals surface area contributed by atoms with Crippen LogP contribution in [0.15, 0.2) is 0 Å². The highest BCUT2D eigenvalue weighted by atomic mass is 19.4. The maximum absolute atomic E-state index is 11.8. The van der Waals surface area contributed by atoms with Gasteiger partial charge in [0.25, 0.3) is 0 Å². The third-order valence-corrected chi connectivity index (χ3v) is 2.95. The van der Waals surface area contributed by atoms with E-state index in [0.717, 1.165) is 19.5 Å². The summed E-state index contributed by atoms with van der Waals surface area (Å²) in [7, 11) is 0. The molecule has 0 spiro atoms. The first kappa shape index (κ1) is 15.2. The molecule has 1 aliphatic rings. The van der Waals surface area contributed by atoms with Gasteiger partial charge in [-0.05, 0) is 25.3 Å². The van der Waals surface area contributed by atoms with Gasteiger partial charge in [-0.3, -0.25) is 4.79 Å². The number of hydrogen-bond acceptors (Lipinski definition) is 3. The summed E-state index contributed by atoms with van der Waals surface area (Å²) in [5, 5.41) is 8.55. The molecule has 1 N–H and O–H groups in total. The molecule has 0 aromatic rings. The molecule has 0 radical (unpaired) electrons. The number of halogens is 3. The van der Waals surface area contributed by atoms with Gasteiger partial charge in [0.15, 0.2) is 0 Å². The molecule has 1 saturated heterocycles. The molecule has 106 valence electrons. The smallest absolute Gasteiger partial charge is 0.411 e. The Morgan fingerprint density at radius 1 is 1.44 bits per heavy atom. The lowest BCUT2D eigenvalue weighted by molar-refractivity contribution is -0.174. The number of likely N-dealkylation sites (tertiary alicyclic amines) is 1. The average molecular weight is 269 g/mol. The number of ether oxygens (including phenoxy) is 1. The molecule has 1 rings (SSSR count). The molecular formula is C11H18F3NO3. The maximum Gasteiger partial charge on any atom is 0.411 e. The van der Waals surface area contributed by atoms with Crippen LogP contribution in [0.1, 0.15) is 19.3 Å². The Labute approximate surface area is 104 Å². The van der Waals surface area contributed by atoms with E-state index < -0.39 is 18.8 Å². The number of carbonyl (C=O) groups is 1. The minimum Gasteiger partial charge on any atom is -0.481 e. The Hall–Kier alpha value is -0.820. The molecule has 0 aromatic carbocycles. The van der Waals surface area contributed by atoms with Gasteiger partial charge in [-0.25, -0.2) is 0 Å². The number of hydrogen-bond donors (Lipinski definition) is 1. The molecule has 0 saturated carbocycles. The summed E-state index contributed by atoms with van der Waals surface area (Å²) in [5.74, 6) is -0.467. The van der Waals surface area contributed by atoms with Crippen molar-refractivity contribution in [1.29, 1.82) is 0 Å². The Balaban J connectivity index is 2.06. The summed E-state index contributed by atoms with van der Waals surface area (Å²) in [6, 6.07) is 0. The van der Waals surface area contributed by atoms with Gasteiger partial charge in [-0.1, -0.05) is 0 Å². The van der Waals surface area contributed by atoms with Crippen molar-refractivity contribution in [2.45, 2.75) is 25.4 Å². The highest BCUT2D eigenvalue weighted by molar-refractivity contribution is 5.66. The van der Waals surface area contributed by atoms with E-state index in [0.29, 0.717) is 18.9 Å². The molecule has 18 heavy (non-hydrogen) atoms. The number of rotatable bonds is 7. The number of alkyl halides is 3. The zero-order chi connectivity index (χ0) is 13.6. The van der Waals surface area contributed by atoms with Gasteiger partial charge in [0.2, 0.25) is 0 Å². The molecule has 0 aliphatic carbocycles. The molecule has 0 amide bonds. The van der Waals surface area contributed by atoms with Crippen LogP contribution in [0.25, 0.3) is 0 Å². The normalized spacial score (nSPS) is 21.4. The molecule has 1 heterocycles. The first-order chi connectivity index (χ1) is 8.37. The van der Waals surface area contributed by atoms with Crippen molar-refractivity contribution in [3.8, 4) is 0 Å². The van der Waals surface area contributed by atoms with Crippen LogP contribution < -0.4 is 0 Å². The SMILES string of the molecule is O=C(O)CCC1CCN(CCOCC(F)(F)F)C1. The van der Waals surface area contributed by atoms with Gasteiger partial charge in [-0.2, -0.15) is 13.2 Å². The number of aliphatic carboxylic acids is 1. The summed E-state index contributed by atoms with van der Waals surface area (Å²) >= 11 is 0. The van der Waals surface area contributed by atoms with Crippen molar-refractivity contribution in [2.75, 3.05) is 32.8 Å². The van der Waals surface area contributed by atoms with Crippen LogP contribution in [-0.2, 0) is 9.53 Å². The van der Waals surface area contributed by atoms with Crippen molar-refractivity contribution >= 4 is 5.97 Å². The monoisotopic (exact) mass is 269 g/mol. The van der Waals surface area contributed by atoms with Crippen LogP contribution in [0.5, 0.6) is 0 Å². The number of carboxylic acid groups (broad SMARTS) is 1. The fraction of sp³-hybridized carbons (Fsp3) is 0.909. The van der Waals surface area contributed by atoms with Gasteiger partial charge in [0, 0.05) is 19.5 Å². The van der Waals surface area contributed by atoms with E-state index in [-0.39, 0.29) is 13.0 Å². The Bertz CT molecular complexity index is 271. The lowest BCUT2D eigenvalue weighted by atomic mass is 10.0. The molecule has 1 fully saturated rings. The highest BCUT2D eigenvalue weighted by Crippen LogP contribution is 2.20. The van der Waals surface area contributed by atoms with Crippen LogP contribution in [0.3, 0.4) is 0 Å². The topological polar surface area (TPSA) is 49.8 Å². The van der Waals surface area contributed by atoms with Crippen LogP contribution in [0.2, 0.25) is 0 Å². The molecule has 1 unspecified atom stereocenters. The van der Waals surface area contributed by atoms with Crippen molar-refractivity contribution < 1.29 is 27.8 Å². The van der Waals surface area contributed by atoms with E-state index in [1.807, 2.05) is 4.90 Å². The number of carboxylic acids is 1. The molecule has 4 nitrogen and oxygen atoms in total. The van der Waals surface area contributed by atoms with Gasteiger partial charge < -0.3 is 14.7 Å². The minimum atomic E-state index is -4.27. The van der Waals surface area contributed by atoms with Gasteiger partial charge in [0.05, 0.1) is 6.61 Å². The number of nitrogens with zero attached hydrogens (tertiary/aromatic N) is 1. The van der Waals surface area contributed by atoms with Crippen molar-refractivity contribution in [2.24, 2.45) is 5.92 Å².